The van der Waals surface area contributed by atoms with Crippen LogP contribution in [0.1, 0.15) is 61.7 Å². The molecule has 1 aromatic carbocycles. The van der Waals surface area contributed by atoms with Crippen LogP contribution in [0.25, 0.3) is 0 Å². The summed E-state index contributed by atoms with van der Waals surface area (Å²) >= 11 is 0. The number of nitrogens with zero attached hydrogens (tertiary/aromatic N) is 1. The molecule has 1 amide bonds. The summed E-state index contributed by atoms with van der Waals surface area (Å²) < 4.78 is 41.0. The zero-order valence-electron chi connectivity index (χ0n) is 14.3. The standard InChI is InChI=1S/C18H25FN2O3S/c19-16-10-9-14(18(22)20-15-7-3-1-4-8-15)13-17(16)25(23,24)21-11-5-2-6-12-21/h9-10,13,15H,1-8,11-12H2,(H,20,22). The molecule has 0 radical (unpaired) electrons. The van der Waals surface area contributed by atoms with E-state index >= 15 is 0 Å². The van der Waals surface area contributed by atoms with Crippen LogP contribution in [-0.2, 0) is 10.0 Å². The Morgan fingerprint density at radius 3 is 2.36 bits per heavy atom. The van der Waals surface area contributed by atoms with Gasteiger partial charge in [0, 0.05) is 24.7 Å². The second-order valence-electron chi connectivity index (χ2n) is 6.92. The first-order valence-corrected chi connectivity index (χ1v) is 10.5. The highest BCUT2D eigenvalue weighted by Crippen LogP contribution is 2.24. The Balaban J connectivity index is 1.81. The van der Waals surface area contributed by atoms with Crippen molar-refractivity contribution >= 4 is 15.9 Å². The second-order valence-corrected chi connectivity index (χ2v) is 8.82. The molecule has 0 spiro atoms. The molecule has 1 saturated heterocycles. The number of sulfonamides is 1. The van der Waals surface area contributed by atoms with Gasteiger partial charge in [0.15, 0.2) is 0 Å². The van der Waals surface area contributed by atoms with Gasteiger partial charge in [-0.15, -0.1) is 0 Å². The third-order valence-corrected chi connectivity index (χ3v) is 6.98. The molecule has 0 bridgehead atoms. The Hall–Kier alpha value is -1.47. The van der Waals surface area contributed by atoms with Crippen molar-refractivity contribution in [1.82, 2.24) is 9.62 Å². The smallest absolute Gasteiger partial charge is 0.251 e. The lowest BCUT2D eigenvalue weighted by atomic mass is 9.95. The lowest BCUT2D eigenvalue weighted by Crippen LogP contribution is -2.37. The molecule has 1 N–H and O–H groups in total. The lowest BCUT2D eigenvalue weighted by molar-refractivity contribution is 0.0927. The van der Waals surface area contributed by atoms with E-state index in [1.165, 1.54) is 22.9 Å². The largest absolute Gasteiger partial charge is 0.349 e. The van der Waals surface area contributed by atoms with E-state index in [2.05, 4.69) is 5.32 Å². The topological polar surface area (TPSA) is 66.5 Å². The Morgan fingerprint density at radius 2 is 1.68 bits per heavy atom. The fraction of sp³-hybridized carbons (Fsp3) is 0.611. The maximum Gasteiger partial charge on any atom is 0.251 e. The van der Waals surface area contributed by atoms with E-state index in [1.807, 2.05) is 0 Å². The summed E-state index contributed by atoms with van der Waals surface area (Å²) in [7, 11) is -3.90. The molecule has 0 aromatic heterocycles. The molecule has 0 unspecified atom stereocenters. The Kier molecular flexibility index (Phi) is 5.74. The van der Waals surface area contributed by atoms with Crippen LogP contribution in [0, 0.1) is 5.82 Å². The molecule has 138 valence electrons. The van der Waals surface area contributed by atoms with Gasteiger partial charge in [-0.25, -0.2) is 12.8 Å². The third kappa shape index (κ3) is 4.20. The van der Waals surface area contributed by atoms with Crippen molar-refractivity contribution < 1.29 is 17.6 Å². The van der Waals surface area contributed by atoms with Crippen LogP contribution in [0.15, 0.2) is 23.1 Å². The zero-order chi connectivity index (χ0) is 17.9. The van der Waals surface area contributed by atoms with Gasteiger partial charge >= 0.3 is 0 Å². The minimum Gasteiger partial charge on any atom is -0.349 e. The summed E-state index contributed by atoms with van der Waals surface area (Å²) in [5.41, 5.74) is 0.197. The monoisotopic (exact) mass is 368 g/mol. The van der Waals surface area contributed by atoms with E-state index in [1.54, 1.807) is 0 Å². The average molecular weight is 368 g/mol. The number of rotatable bonds is 4. The predicted octanol–water partition coefficient (Wildman–Crippen LogP) is 3.06. The SMILES string of the molecule is O=C(NC1CCCCC1)c1ccc(F)c(S(=O)(=O)N2CCCCC2)c1. The van der Waals surface area contributed by atoms with E-state index in [0.717, 1.165) is 51.0 Å². The van der Waals surface area contributed by atoms with Crippen LogP contribution >= 0.6 is 0 Å². The van der Waals surface area contributed by atoms with E-state index in [-0.39, 0.29) is 17.5 Å². The number of nitrogens with one attached hydrogen (secondary N) is 1. The molecule has 3 rings (SSSR count). The van der Waals surface area contributed by atoms with Crippen molar-refractivity contribution in [1.29, 1.82) is 0 Å². The van der Waals surface area contributed by atoms with Crippen LogP contribution in [0.2, 0.25) is 0 Å². The number of carbonyl (C=O) groups is 1. The first-order chi connectivity index (χ1) is 12.0. The van der Waals surface area contributed by atoms with Gasteiger partial charge in [-0.05, 0) is 43.9 Å². The van der Waals surface area contributed by atoms with Crippen LogP contribution < -0.4 is 5.32 Å². The number of hydrogen-bond acceptors (Lipinski definition) is 3. The maximum absolute atomic E-state index is 14.2. The van der Waals surface area contributed by atoms with Gasteiger partial charge < -0.3 is 5.32 Å². The molecular formula is C18H25FN2O3S. The lowest BCUT2D eigenvalue weighted by Gasteiger charge is -2.26. The van der Waals surface area contributed by atoms with Gasteiger partial charge in [0.05, 0.1) is 0 Å². The van der Waals surface area contributed by atoms with E-state index in [9.17, 15) is 17.6 Å². The minimum absolute atomic E-state index is 0.119. The molecule has 2 fully saturated rings. The van der Waals surface area contributed by atoms with Crippen molar-refractivity contribution in [2.75, 3.05) is 13.1 Å². The van der Waals surface area contributed by atoms with Crippen molar-refractivity contribution in [3.05, 3.63) is 29.6 Å². The zero-order valence-corrected chi connectivity index (χ0v) is 15.2. The molecule has 1 saturated carbocycles. The molecular weight excluding hydrogens is 343 g/mol. The van der Waals surface area contributed by atoms with Crippen LogP contribution in [0.3, 0.4) is 0 Å². The molecule has 0 atom stereocenters. The quantitative estimate of drug-likeness (QED) is 0.888. The Labute approximate surface area is 148 Å². The van der Waals surface area contributed by atoms with Crippen LogP contribution in [0.5, 0.6) is 0 Å². The first kappa shape index (κ1) is 18.3. The molecule has 1 heterocycles. The summed E-state index contributed by atoms with van der Waals surface area (Å²) in [6, 6.07) is 3.72. The van der Waals surface area contributed by atoms with E-state index in [4.69, 9.17) is 0 Å². The number of piperidine rings is 1. The van der Waals surface area contributed by atoms with Gasteiger partial charge in [0.1, 0.15) is 10.7 Å². The molecule has 5 nitrogen and oxygen atoms in total. The molecule has 1 aliphatic carbocycles. The fourth-order valence-electron chi connectivity index (χ4n) is 3.60. The maximum atomic E-state index is 14.2. The number of halogens is 1. The fourth-order valence-corrected chi connectivity index (χ4v) is 5.21. The molecule has 2 aliphatic rings. The van der Waals surface area contributed by atoms with Crippen molar-refractivity contribution in [3.8, 4) is 0 Å². The highest BCUT2D eigenvalue weighted by atomic mass is 32.2. The highest BCUT2D eigenvalue weighted by Gasteiger charge is 2.29. The summed E-state index contributed by atoms with van der Waals surface area (Å²) in [4.78, 5) is 12.0. The Bertz CT molecular complexity index is 724. The normalized spacial score (nSPS) is 20.4. The number of carbonyl (C=O) groups excluding carboxylic acids is 1. The number of hydrogen-bond donors (Lipinski definition) is 1. The minimum atomic E-state index is -3.90. The molecule has 1 aromatic rings. The second kappa shape index (κ2) is 7.83. The van der Waals surface area contributed by atoms with E-state index < -0.39 is 20.7 Å². The molecule has 25 heavy (non-hydrogen) atoms. The van der Waals surface area contributed by atoms with Gasteiger partial charge in [-0.2, -0.15) is 4.31 Å². The molecule has 7 heteroatoms. The van der Waals surface area contributed by atoms with Crippen molar-refractivity contribution in [2.45, 2.75) is 62.3 Å². The Morgan fingerprint density at radius 1 is 1.04 bits per heavy atom. The van der Waals surface area contributed by atoms with Gasteiger partial charge in [0.25, 0.3) is 5.91 Å². The van der Waals surface area contributed by atoms with Gasteiger partial charge in [0.2, 0.25) is 10.0 Å². The highest BCUT2D eigenvalue weighted by molar-refractivity contribution is 7.89. The average Bonchev–Trinajstić information content (AvgIpc) is 2.63. The summed E-state index contributed by atoms with van der Waals surface area (Å²) in [6.07, 6.45) is 7.77. The van der Waals surface area contributed by atoms with Gasteiger partial charge in [-0.3, -0.25) is 4.79 Å². The van der Waals surface area contributed by atoms with Crippen molar-refractivity contribution in [2.24, 2.45) is 0 Å². The first-order valence-electron chi connectivity index (χ1n) is 9.09. The van der Waals surface area contributed by atoms with Crippen molar-refractivity contribution in [3.63, 3.8) is 0 Å². The van der Waals surface area contributed by atoms with Crippen LogP contribution in [-0.4, -0.2) is 37.8 Å². The van der Waals surface area contributed by atoms with Gasteiger partial charge in [-0.1, -0.05) is 25.7 Å². The summed E-state index contributed by atoms with van der Waals surface area (Å²) in [6.45, 7) is 0.806. The molecule has 1 aliphatic heterocycles. The third-order valence-electron chi connectivity index (χ3n) is 5.07. The summed E-state index contributed by atoms with van der Waals surface area (Å²) in [5, 5.41) is 2.94. The van der Waals surface area contributed by atoms with E-state index in [0.29, 0.717) is 13.1 Å². The number of amides is 1. The van der Waals surface area contributed by atoms with Crippen LogP contribution in [0.4, 0.5) is 4.39 Å². The number of benzene rings is 1. The summed E-state index contributed by atoms with van der Waals surface area (Å²) in [5.74, 6) is -1.14. The predicted molar refractivity (Wildman–Crippen MR) is 93.3 cm³/mol.